The maximum atomic E-state index is 5.38. The first-order chi connectivity index (χ1) is 12.2. The minimum absolute atomic E-state index is 0.556. The van der Waals surface area contributed by atoms with E-state index in [1.807, 2.05) is 48.5 Å². The Hall–Kier alpha value is -2.60. The molecule has 5 nitrogen and oxygen atoms in total. The molecule has 2 N–H and O–H groups in total. The largest absolute Gasteiger partial charge is 0.496 e. The first-order valence-corrected chi connectivity index (χ1v) is 8.75. The van der Waals surface area contributed by atoms with Crippen LogP contribution in [0.15, 0.2) is 65.3 Å². The average molecular weight is 399 g/mol. The molecule has 0 radical (unpaired) electrons. The van der Waals surface area contributed by atoms with Crippen molar-refractivity contribution in [1.29, 1.82) is 0 Å². The molecule has 0 saturated heterocycles. The summed E-state index contributed by atoms with van der Waals surface area (Å²) in [4.78, 5) is 8.75. The number of ether oxygens (including phenoxy) is 1. The Bertz CT molecular complexity index is 841. The van der Waals surface area contributed by atoms with Crippen molar-refractivity contribution < 1.29 is 4.74 Å². The van der Waals surface area contributed by atoms with Crippen molar-refractivity contribution in [2.75, 3.05) is 24.3 Å². The molecule has 25 heavy (non-hydrogen) atoms. The fourth-order valence-electron chi connectivity index (χ4n) is 2.45. The number of para-hydroxylation sites is 1. The number of nitrogens with zero attached hydrogens (tertiary/aromatic N) is 2. The SMILES string of the molecule is COc1ccccc1CCNc1ccnc(Nc2cccc(Br)c2)n1. The van der Waals surface area contributed by atoms with Crippen molar-refractivity contribution in [3.63, 3.8) is 0 Å². The number of rotatable bonds is 7. The highest BCUT2D eigenvalue weighted by Gasteiger charge is 2.03. The molecule has 2 aromatic carbocycles. The third-order valence-electron chi connectivity index (χ3n) is 3.63. The second kappa shape index (κ2) is 8.48. The van der Waals surface area contributed by atoms with Gasteiger partial charge >= 0.3 is 0 Å². The second-order valence-corrected chi connectivity index (χ2v) is 6.31. The quantitative estimate of drug-likeness (QED) is 0.606. The summed E-state index contributed by atoms with van der Waals surface area (Å²) in [5.74, 6) is 2.24. The van der Waals surface area contributed by atoms with E-state index in [-0.39, 0.29) is 0 Å². The van der Waals surface area contributed by atoms with Crippen molar-refractivity contribution in [2.24, 2.45) is 0 Å². The maximum absolute atomic E-state index is 5.38. The van der Waals surface area contributed by atoms with Gasteiger partial charge in [-0.05, 0) is 42.3 Å². The molecule has 3 rings (SSSR count). The number of benzene rings is 2. The topological polar surface area (TPSA) is 59.1 Å². The van der Waals surface area contributed by atoms with Gasteiger partial charge in [-0.1, -0.05) is 40.2 Å². The van der Waals surface area contributed by atoms with Crippen LogP contribution in [0.5, 0.6) is 5.75 Å². The average Bonchev–Trinajstić information content (AvgIpc) is 2.62. The third kappa shape index (κ3) is 4.93. The number of aromatic nitrogens is 2. The summed E-state index contributed by atoms with van der Waals surface area (Å²) in [5, 5.41) is 6.53. The normalized spacial score (nSPS) is 10.3. The maximum Gasteiger partial charge on any atom is 0.229 e. The molecule has 3 aromatic rings. The second-order valence-electron chi connectivity index (χ2n) is 5.39. The molecule has 1 heterocycles. The predicted molar refractivity (Wildman–Crippen MR) is 105 cm³/mol. The molecule has 0 bridgehead atoms. The summed E-state index contributed by atoms with van der Waals surface area (Å²) < 4.78 is 6.38. The van der Waals surface area contributed by atoms with Gasteiger partial charge in [-0.2, -0.15) is 4.98 Å². The molecule has 0 atom stereocenters. The Balaban J connectivity index is 1.60. The fourth-order valence-corrected chi connectivity index (χ4v) is 2.85. The van der Waals surface area contributed by atoms with Gasteiger partial charge in [-0.25, -0.2) is 4.98 Å². The molecule has 0 unspecified atom stereocenters. The van der Waals surface area contributed by atoms with E-state index < -0.39 is 0 Å². The predicted octanol–water partition coefficient (Wildman–Crippen LogP) is 4.65. The monoisotopic (exact) mass is 398 g/mol. The molecule has 0 spiro atoms. The van der Waals surface area contributed by atoms with Gasteiger partial charge in [-0.3, -0.25) is 0 Å². The molecular formula is C19H19BrN4O. The van der Waals surface area contributed by atoms with Gasteiger partial charge in [0.2, 0.25) is 5.95 Å². The van der Waals surface area contributed by atoms with Crippen LogP contribution in [-0.4, -0.2) is 23.6 Å². The van der Waals surface area contributed by atoms with E-state index in [2.05, 4.69) is 42.6 Å². The molecule has 0 aliphatic carbocycles. The highest BCUT2D eigenvalue weighted by molar-refractivity contribution is 9.10. The molecule has 1 aromatic heterocycles. The van der Waals surface area contributed by atoms with Crippen LogP contribution in [0.25, 0.3) is 0 Å². The van der Waals surface area contributed by atoms with Crippen LogP contribution < -0.4 is 15.4 Å². The minimum atomic E-state index is 0.556. The molecular weight excluding hydrogens is 380 g/mol. The van der Waals surface area contributed by atoms with E-state index in [0.29, 0.717) is 5.95 Å². The lowest BCUT2D eigenvalue weighted by molar-refractivity contribution is 0.410. The molecule has 6 heteroatoms. The lowest BCUT2D eigenvalue weighted by Gasteiger charge is -2.10. The van der Waals surface area contributed by atoms with E-state index >= 15 is 0 Å². The van der Waals surface area contributed by atoms with Crippen LogP contribution in [0.3, 0.4) is 0 Å². The smallest absolute Gasteiger partial charge is 0.229 e. The summed E-state index contributed by atoms with van der Waals surface area (Å²) in [6.45, 7) is 0.758. The van der Waals surface area contributed by atoms with Gasteiger partial charge in [-0.15, -0.1) is 0 Å². The van der Waals surface area contributed by atoms with E-state index in [4.69, 9.17) is 4.74 Å². The van der Waals surface area contributed by atoms with Crippen molar-refractivity contribution in [3.8, 4) is 5.75 Å². The van der Waals surface area contributed by atoms with Gasteiger partial charge in [0.1, 0.15) is 11.6 Å². The third-order valence-corrected chi connectivity index (χ3v) is 4.12. The zero-order valence-electron chi connectivity index (χ0n) is 13.9. The number of nitrogens with one attached hydrogen (secondary N) is 2. The number of hydrogen-bond donors (Lipinski definition) is 2. The summed E-state index contributed by atoms with van der Waals surface area (Å²) in [6.07, 6.45) is 2.58. The molecule has 0 fully saturated rings. The molecule has 0 saturated carbocycles. The van der Waals surface area contributed by atoms with E-state index in [0.717, 1.165) is 34.7 Å². The summed E-state index contributed by atoms with van der Waals surface area (Å²) >= 11 is 3.45. The minimum Gasteiger partial charge on any atom is -0.496 e. The van der Waals surface area contributed by atoms with Crippen molar-refractivity contribution in [1.82, 2.24) is 9.97 Å². The van der Waals surface area contributed by atoms with E-state index in [1.165, 1.54) is 5.56 Å². The number of hydrogen-bond acceptors (Lipinski definition) is 5. The molecule has 0 aliphatic rings. The standard InChI is InChI=1S/C19H19BrN4O/c1-25-17-8-3-2-5-14(17)9-11-21-18-10-12-22-19(24-18)23-16-7-4-6-15(20)13-16/h2-8,10,12-13H,9,11H2,1H3,(H2,21,22,23,24). The van der Waals surface area contributed by atoms with Crippen molar-refractivity contribution in [2.45, 2.75) is 6.42 Å². The van der Waals surface area contributed by atoms with Crippen LogP contribution in [-0.2, 0) is 6.42 Å². The van der Waals surface area contributed by atoms with Crippen molar-refractivity contribution in [3.05, 3.63) is 70.8 Å². The molecule has 0 aliphatic heterocycles. The van der Waals surface area contributed by atoms with Gasteiger partial charge < -0.3 is 15.4 Å². The zero-order chi connectivity index (χ0) is 17.5. The summed E-state index contributed by atoms with van der Waals surface area (Å²) in [6, 6.07) is 17.8. The molecule has 0 amide bonds. The Kier molecular flexibility index (Phi) is 5.85. The van der Waals surface area contributed by atoms with Gasteiger partial charge in [0.25, 0.3) is 0 Å². The summed E-state index contributed by atoms with van der Waals surface area (Å²) in [7, 11) is 1.69. The van der Waals surface area contributed by atoms with Crippen LogP contribution in [0.1, 0.15) is 5.56 Å². The van der Waals surface area contributed by atoms with Gasteiger partial charge in [0.15, 0.2) is 0 Å². The van der Waals surface area contributed by atoms with Crippen LogP contribution in [0.2, 0.25) is 0 Å². The first-order valence-electron chi connectivity index (χ1n) is 7.96. The number of anilines is 3. The van der Waals surface area contributed by atoms with Crippen molar-refractivity contribution >= 4 is 33.4 Å². The Labute approximate surface area is 155 Å². The Morgan fingerprint density at radius 1 is 1.08 bits per heavy atom. The zero-order valence-corrected chi connectivity index (χ0v) is 15.5. The Morgan fingerprint density at radius 2 is 1.96 bits per heavy atom. The summed E-state index contributed by atoms with van der Waals surface area (Å²) in [5.41, 5.74) is 2.10. The van der Waals surface area contributed by atoms with Crippen LogP contribution in [0.4, 0.5) is 17.5 Å². The molecule has 128 valence electrons. The van der Waals surface area contributed by atoms with E-state index in [9.17, 15) is 0 Å². The number of methoxy groups -OCH3 is 1. The van der Waals surface area contributed by atoms with Crippen LogP contribution in [0, 0.1) is 0 Å². The highest BCUT2D eigenvalue weighted by atomic mass is 79.9. The van der Waals surface area contributed by atoms with Gasteiger partial charge in [0, 0.05) is 22.9 Å². The van der Waals surface area contributed by atoms with Crippen LogP contribution >= 0.6 is 15.9 Å². The highest BCUT2D eigenvalue weighted by Crippen LogP contribution is 2.20. The lowest BCUT2D eigenvalue weighted by Crippen LogP contribution is -2.08. The van der Waals surface area contributed by atoms with Gasteiger partial charge in [0.05, 0.1) is 7.11 Å². The lowest BCUT2D eigenvalue weighted by atomic mass is 10.1. The fraction of sp³-hybridized carbons (Fsp3) is 0.158. The van der Waals surface area contributed by atoms with E-state index in [1.54, 1.807) is 13.3 Å². The number of halogens is 1. The Morgan fingerprint density at radius 3 is 2.80 bits per heavy atom. The first kappa shape index (κ1) is 17.2.